The molecule has 1 saturated heterocycles. The molecule has 1 saturated carbocycles. The van der Waals surface area contributed by atoms with Gasteiger partial charge in [-0.1, -0.05) is 20.3 Å². The van der Waals surface area contributed by atoms with Crippen molar-refractivity contribution in [1.82, 2.24) is 5.32 Å². The Morgan fingerprint density at radius 1 is 1.50 bits per heavy atom. The third-order valence-corrected chi connectivity index (χ3v) is 3.53. The Balaban J connectivity index is 2.24. The van der Waals surface area contributed by atoms with E-state index in [1.54, 1.807) is 0 Å². The monoisotopic (exact) mass is 167 g/mol. The van der Waals surface area contributed by atoms with Gasteiger partial charge in [0.25, 0.3) is 0 Å². The maximum absolute atomic E-state index is 11.5. The molecule has 2 fully saturated rings. The van der Waals surface area contributed by atoms with Crippen LogP contribution in [0.1, 0.15) is 33.1 Å². The van der Waals surface area contributed by atoms with Crippen LogP contribution in [0.2, 0.25) is 0 Å². The van der Waals surface area contributed by atoms with Gasteiger partial charge < -0.3 is 5.32 Å². The van der Waals surface area contributed by atoms with Gasteiger partial charge in [-0.25, -0.2) is 0 Å². The van der Waals surface area contributed by atoms with E-state index >= 15 is 0 Å². The van der Waals surface area contributed by atoms with E-state index in [1.807, 2.05) is 0 Å². The van der Waals surface area contributed by atoms with Gasteiger partial charge in [0, 0.05) is 12.5 Å². The predicted octanol–water partition coefficient (Wildman–Crippen LogP) is 1.56. The van der Waals surface area contributed by atoms with Crippen molar-refractivity contribution in [2.75, 3.05) is 6.54 Å². The first-order valence-electron chi connectivity index (χ1n) is 4.89. The third kappa shape index (κ3) is 1.05. The molecule has 1 amide bonds. The van der Waals surface area contributed by atoms with Crippen LogP contribution in [0.4, 0.5) is 0 Å². The summed E-state index contributed by atoms with van der Waals surface area (Å²) >= 11 is 0. The molecule has 2 nitrogen and oxygen atoms in total. The molecule has 0 radical (unpaired) electrons. The van der Waals surface area contributed by atoms with E-state index < -0.39 is 0 Å². The first-order valence-corrected chi connectivity index (χ1v) is 4.89. The largest absolute Gasteiger partial charge is 0.356 e. The molecule has 1 heterocycles. The molecule has 1 N–H and O–H groups in total. The Morgan fingerprint density at radius 2 is 2.25 bits per heavy atom. The van der Waals surface area contributed by atoms with E-state index in [1.165, 1.54) is 19.3 Å². The van der Waals surface area contributed by atoms with Gasteiger partial charge in [-0.05, 0) is 24.2 Å². The number of rotatable bonds is 0. The number of carbonyl (C=O) groups is 1. The van der Waals surface area contributed by atoms with Gasteiger partial charge in [-0.15, -0.1) is 0 Å². The van der Waals surface area contributed by atoms with Crippen LogP contribution in [-0.4, -0.2) is 12.5 Å². The molecule has 68 valence electrons. The average Bonchev–Trinajstić information content (AvgIpc) is 2.32. The van der Waals surface area contributed by atoms with Crippen molar-refractivity contribution in [1.29, 1.82) is 0 Å². The molecule has 0 bridgehead atoms. The summed E-state index contributed by atoms with van der Waals surface area (Å²) in [4.78, 5) is 11.5. The van der Waals surface area contributed by atoms with Gasteiger partial charge >= 0.3 is 0 Å². The summed E-state index contributed by atoms with van der Waals surface area (Å²) in [6, 6.07) is 0. The van der Waals surface area contributed by atoms with Crippen molar-refractivity contribution in [3.8, 4) is 0 Å². The van der Waals surface area contributed by atoms with Gasteiger partial charge in [-0.2, -0.15) is 0 Å². The first-order chi connectivity index (χ1) is 5.61. The molecule has 2 heteroatoms. The van der Waals surface area contributed by atoms with Crippen molar-refractivity contribution >= 4 is 5.91 Å². The average molecular weight is 167 g/mol. The maximum Gasteiger partial charge on any atom is 0.224 e. The van der Waals surface area contributed by atoms with Gasteiger partial charge in [0.05, 0.1) is 0 Å². The van der Waals surface area contributed by atoms with Crippen molar-refractivity contribution in [3.63, 3.8) is 0 Å². The zero-order valence-electron chi connectivity index (χ0n) is 7.89. The highest BCUT2D eigenvalue weighted by atomic mass is 16.2. The fourth-order valence-electron chi connectivity index (χ4n) is 2.91. The Labute approximate surface area is 73.7 Å². The fraction of sp³-hybridized carbons (Fsp3) is 0.900. The molecule has 0 aromatic heterocycles. The summed E-state index contributed by atoms with van der Waals surface area (Å²) in [5.41, 5.74) is 0.240. The standard InChI is InChI=1S/C10H17NO/c1-10(2)5-3-4-7-6-11-9(12)8(7)10/h7-8H,3-6H2,1-2H3,(H,11,12). The molecule has 1 aliphatic heterocycles. The van der Waals surface area contributed by atoms with E-state index in [4.69, 9.17) is 0 Å². The highest BCUT2D eigenvalue weighted by molar-refractivity contribution is 5.82. The van der Waals surface area contributed by atoms with E-state index in [9.17, 15) is 4.79 Å². The molecule has 12 heavy (non-hydrogen) atoms. The van der Waals surface area contributed by atoms with Crippen LogP contribution >= 0.6 is 0 Å². The van der Waals surface area contributed by atoms with Gasteiger partial charge in [-0.3, -0.25) is 4.79 Å². The molecule has 2 rings (SSSR count). The number of hydrogen-bond acceptors (Lipinski definition) is 1. The summed E-state index contributed by atoms with van der Waals surface area (Å²) in [6.45, 7) is 5.39. The van der Waals surface area contributed by atoms with E-state index in [0.717, 1.165) is 6.54 Å². The lowest BCUT2D eigenvalue weighted by Crippen LogP contribution is -2.37. The molecule has 2 unspecified atom stereocenters. The number of amides is 1. The third-order valence-electron chi connectivity index (χ3n) is 3.53. The normalized spacial score (nSPS) is 39.0. The summed E-state index contributed by atoms with van der Waals surface area (Å²) in [6.07, 6.45) is 3.75. The first kappa shape index (κ1) is 8.09. The number of fused-ring (bicyclic) bond motifs is 1. The molecule has 0 aromatic rings. The maximum atomic E-state index is 11.5. The van der Waals surface area contributed by atoms with Crippen LogP contribution in [0.25, 0.3) is 0 Å². The molecule has 0 spiro atoms. The lowest BCUT2D eigenvalue weighted by molar-refractivity contribution is -0.127. The highest BCUT2D eigenvalue weighted by Gasteiger charge is 2.46. The minimum atomic E-state index is 0.240. The minimum Gasteiger partial charge on any atom is -0.356 e. The fourth-order valence-corrected chi connectivity index (χ4v) is 2.91. The zero-order chi connectivity index (χ0) is 8.77. The summed E-state index contributed by atoms with van der Waals surface area (Å²) in [7, 11) is 0. The van der Waals surface area contributed by atoms with Crippen LogP contribution in [-0.2, 0) is 4.79 Å². The minimum absolute atomic E-state index is 0.240. The van der Waals surface area contributed by atoms with Crippen LogP contribution in [0.15, 0.2) is 0 Å². The Kier molecular flexibility index (Phi) is 1.67. The Bertz CT molecular complexity index is 210. The molecule has 2 aliphatic rings. The van der Waals surface area contributed by atoms with Gasteiger partial charge in [0.2, 0.25) is 5.91 Å². The SMILES string of the molecule is CC1(C)CCCC2CNC(=O)C21. The number of hydrogen-bond donors (Lipinski definition) is 1. The quantitative estimate of drug-likeness (QED) is 0.583. The van der Waals surface area contributed by atoms with E-state index in [-0.39, 0.29) is 5.41 Å². The second-order valence-corrected chi connectivity index (χ2v) is 4.86. The number of nitrogens with one attached hydrogen (secondary N) is 1. The second-order valence-electron chi connectivity index (χ2n) is 4.86. The lowest BCUT2D eigenvalue weighted by atomic mass is 9.65. The van der Waals surface area contributed by atoms with E-state index in [2.05, 4.69) is 19.2 Å². The van der Waals surface area contributed by atoms with Crippen molar-refractivity contribution in [2.45, 2.75) is 33.1 Å². The van der Waals surface area contributed by atoms with Crippen LogP contribution < -0.4 is 5.32 Å². The second kappa shape index (κ2) is 2.48. The van der Waals surface area contributed by atoms with Gasteiger partial charge in [0.15, 0.2) is 0 Å². The van der Waals surface area contributed by atoms with Crippen molar-refractivity contribution < 1.29 is 4.79 Å². The number of carbonyl (C=O) groups excluding carboxylic acids is 1. The Hall–Kier alpha value is -0.530. The lowest BCUT2D eigenvalue weighted by Gasteiger charge is -2.38. The summed E-state index contributed by atoms with van der Waals surface area (Å²) in [5.74, 6) is 1.22. The molecule has 1 aliphatic carbocycles. The molecule has 0 aromatic carbocycles. The molecular formula is C10H17NO. The topological polar surface area (TPSA) is 29.1 Å². The smallest absolute Gasteiger partial charge is 0.224 e. The molecule has 2 atom stereocenters. The molecular weight excluding hydrogens is 150 g/mol. The van der Waals surface area contributed by atoms with Crippen LogP contribution in [0.5, 0.6) is 0 Å². The Morgan fingerprint density at radius 3 is 2.92 bits per heavy atom. The van der Waals surface area contributed by atoms with Crippen molar-refractivity contribution in [3.05, 3.63) is 0 Å². The summed E-state index contributed by atoms with van der Waals surface area (Å²) < 4.78 is 0. The predicted molar refractivity (Wildman–Crippen MR) is 47.6 cm³/mol. The van der Waals surface area contributed by atoms with Gasteiger partial charge in [0.1, 0.15) is 0 Å². The van der Waals surface area contributed by atoms with Crippen LogP contribution in [0, 0.1) is 17.3 Å². The van der Waals surface area contributed by atoms with Crippen LogP contribution in [0.3, 0.4) is 0 Å². The van der Waals surface area contributed by atoms with Crippen molar-refractivity contribution in [2.24, 2.45) is 17.3 Å². The van der Waals surface area contributed by atoms with E-state index in [0.29, 0.717) is 17.7 Å². The zero-order valence-corrected chi connectivity index (χ0v) is 7.89. The highest BCUT2D eigenvalue weighted by Crippen LogP contribution is 2.45. The summed E-state index contributed by atoms with van der Waals surface area (Å²) in [5, 5.41) is 2.98.